The average molecular weight is 240 g/mol. The lowest BCUT2D eigenvalue weighted by atomic mass is 10.0. The molecule has 0 saturated heterocycles. The van der Waals surface area contributed by atoms with Crippen molar-refractivity contribution in [3.05, 3.63) is 17.0 Å². The van der Waals surface area contributed by atoms with Gasteiger partial charge in [-0.25, -0.2) is 9.97 Å². The SMILES string of the molecule is CSc1nc2c(c(CC(=O)O)n1)CCOC2. The molecule has 86 valence electrons. The first-order valence-electron chi connectivity index (χ1n) is 4.93. The van der Waals surface area contributed by atoms with Crippen molar-refractivity contribution in [2.24, 2.45) is 0 Å². The number of hydrogen-bond donors (Lipinski definition) is 1. The third kappa shape index (κ3) is 2.33. The molecular formula is C10H12N2O3S. The van der Waals surface area contributed by atoms with Crippen LogP contribution in [-0.2, 0) is 29.0 Å². The molecule has 0 aliphatic carbocycles. The number of carboxylic acids is 1. The zero-order valence-electron chi connectivity index (χ0n) is 8.89. The van der Waals surface area contributed by atoms with Crippen LogP contribution in [0.1, 0.15) is 17.0 Å². The van der Waals surface area contributed by atoms with Gasteiger partial charge in [-0.1, -0.05) is 11.8 Å². The lowest BCUT2D eigenvalue weighted by molar-refractivity contribution is -0.136. The van der Waals surface area contributed by atoms with Gasteiger partial charge in [-0.2, -0.15) is 0 Å². The van der Waals surface area contributed by atoms with Gasteiger partial charge in [0.05, 0.1) is 31.0 Å². The largest absolute Gasteiger partial charge is 0.481 e. The summed E-state index contributed by atoms with van der Waals surface area (Å²) in [5.74, 6) is -0.862. The highest BCUT2D eigenvalue weighted by molar-refractivity contribution is 7.98. The van der Waals surface area contributed by atoms with E-state index in [0.29, 0.717) is 30.5 Å². The number of carboxylic acid groups (broad SMARTS) is 1. The summed E-state index contributed by atoms with van der Waals surface area (Å²) in [6.07, 6.45) is 2.53. The number of fused-ring (bicyclic) bond motifs is 1. The van der Waals surface area contributed by atoms with Crippen molar-refractivity contribution in [2.45, 2.75) is 24.6 Å². The summed E-state index contributed by atoms with van der Waals surface area (Å²) >= 11 is 1.41. The van der Waals surface area contributed by atoms with Crippen molar-refractivity contribution in [2.75, 3.05) is 12.9 Å². The van der Waals surface area contributed by atoms with Gasteiger partial charge in [0.1, 0.15) is 0 Å². The molecule has 0 amide bonds. The Balaban J connectivity index is 2.43. The molecule has 5 nitrogen and oxygen atoms in total. The average Bonchev–Trinajstić information content (AvgIpc) is 2.28. The van der Waals surface area contributed by atoms with Gasteiger partial charge in [-0.15, -0.1) is 0 Å². The molecule has 1 aliphatic heterocycles. The van der Waals surface area contributed by atoms with Gasteiger partial charge < -0.3 is 9.84 Å². The molecule has 1 aromatic heterocycles. The summed E-state index contributed by atoms with van der Waals surface area (Å²) in [5, 5.41) is 9.45. The third-order valence-corrected chi connectivity index (χ3v) is 2.94. The molecule has 0 bridgehead atoms. The standard InChI is InChI=1S/C10H12N2O3S/c1-16-10-11-7(4-9(13)14)6-2-3-15-5-8(6)12-10/h2-5H2,1H3,(H,13,14). The molecule has 2 heterocycles. The van der Waals surface area contributed by atoms with Crippen molar-refractivity contribution in [1.29, 1.82) is 0 Å². The number of hydrogen-bond acceptors (Lipinski definition) is 5. The fraction of sp³-hybridized carbons (Fsp3) is 0.500. The second kappa shape index (κ2) is 4.80. The molecule has 0 saturated carbocycles. The summed E-state index contributed by atoms with van der Waals surface area (Å²) in [6, 6.07) is 0. The van der Waals surface area contributed by atoms with Crippen LogP contribution in [0.2, 0.25) is 0 Å². The van der Waals surface area contributed by atoms with Crippen molar-refractivity contribution in [3.63, 3.8) is 0 Å². The molecule has 1 aliphatic rings. The Labute approximate surface area is 97.2 Å². The van der Waals surface area contributed by atoms with Gasteiger partial charge in [-0.05, 0) is 12.7 Å². The second-order valence-electron chi connectivity index (χ2n) is 3.46. The molecule has 0 radical (unpaired) electrons. The number of ether oxygens (including phenoxy) is 1. The summed E-state index contributed by atoms with van der Waals surface area (Å²) in [4.78, 5) is 19.3. The minimum absolute atomic E-state index is 0.0432. The van der Waals surface area contributed by atoms with E-state index in [1.165, 1.54) is 11.8 Å². The quantitative estimate of drug-likeness (QED) is 0.625. The molecule has 0 unspecified atom stereocenters. The topological polar surface area (TPSA) is 72.3 Å². The summed E-state index contributed by atoms with van der Waals surface area (Å²) in [6.45, 7) is 1.07. The first-order valence-corrected chi connectivity index (χ1v) is 6.15. The Bertz CT molecular complexity index is 423. The predicted octanol–water partition coefficient (Wildman–Crippen LogP) is 0.898. The van der Waals surface area contributed by atoms with Gasteiger partial charge in [-0.3, -0.25) is 4.79 Å². The van der Waals surface area contributed by atoms with Crippen LogP contribution in [0.3, 0.4) is 0 Å². The highest BCUT2D eigenvalue weighted by atomic mass is 32.2. The van der Waals surface area contributed by atoms with E-state index in [1.807, 2.05) is 6.26 Å². The summed E-state index contributed by atoms with van der Waals surface area (Å²) in [7, 11) is 0. The Morgan fingerprint density at radius 1 is 1.56 bits per heavy atom. The molecule has 0 fully saturated rings. The van der Waals surface area contributed by atoms with Crippen LogP contribution in [0.25, 0.3) is 0 Å². The molecule has 1 aromatic rings. The molecule has 16 heavy (non-hydrogen) atoms. The van der Waals surface area contributed by atoms with E-state index < -0.39 is 5.97 Å². The number of nitrogens with zero attached hydrogens (tertiary/aromatic N) is 2. The number of rotatable bonds is 3. The Kier molecular flexibility index (Phi) is 3.40. The fourth-order valence-electron chi connectivity index (χ4n) is 1.69. The molecule has 0 aromatic carbocycles. The van der Waals surface area contributed by atoms with Crippen LogP contribution in [-0.4, -0.2) is 33.9 Å². The fourth-order valence-corrected chi connectivity index (χ4v) is 2.09. The normalized spacial score (nSPS) is 14.6. The lowest BCUT2D eigenvalue weighted by Crippen LogP contribution is -2.18. The number of thioether (sulfide) groups is 1. The second-order valence-corrected chi connectivity index (χ2v) is 4.23. The molecule has 1 N–H and O–H groups in total. The zero-order chi connectivity index (χ0) is 11.5. The van der Waals surface area contributed by atoms with E-state index in [-0.39, 0.29) is 6.42 Å². The summed E-state index contributed by atoms with van der Waals surface area (Å²) in [5.41, 5.74) is 2.42. The van der Waals surface area contributed by atoms with Gasteiger partial charge in [0.2, 0.25) is 0 Å². The lowest BCUT2D eigenvalue weighted by Gasteiger charge is -2.18. The third-order valence-electron chi connectivity index (χ3n) is 2.39. The number of aliphatic carboxylic acids is 1. The smallest absolute Gasteiger partial charge is 0.309 e. The number of aromatic nitrogens is 2. The van der Waals surface area contributed by atoms with Crippen molar-refractivity contribution >= 4 is 17.7 Å². The van der Waals surface area contributed by atoms with Crippen molar-refractivity contribution < 1.29 is 14.6 Å². The maximum Gasteiger partial charge on any atom is 0.309 e. The molecule has 0 atom stereocenters. The van der Waals surface area contributed by atoms with E-state index in [0.717, 1.165) is 11.3 Å². The van der Waals surface area contributed by atoms with E-state index in [1.54, 1.807) is 0 Å². The Morgan fingerprint density at radius 3 is 3.06 bits per heavy atom. The van der Waals surface area contributed by atoms with Crippen molar-refractivity contribution in [3.8, 4) is 0 Å². The van der Waals surface area contributed by atoms with Crippen LogP contribution in [0, 0.1) is 0 Å². The maximum absolute atomic E-state index is 10.8. The van der Waals surface area contributed by atoms with E-state index in [4.69, 9.17) is 9.84 Å². The molecule has 2 rings (SSSR count). The minimum atomic E-state index is -0.862. The van der Waals surface area contributed by atoms with Gasteiger partial charge in [0, 0.05) is 5.56 Å². The molecule has 0 spiro atoms. The van der Waals surface area contributed by atoms with Gasteiger partial charge in [0.25, 0.3) is 0 Å². The first kappa shape index (κ1) is 11.3. The van der Waals surface area contributed by atoms with Crippen LogP contribution in [0.4, 0.5) is 0 Å². The van der Waals surface area contributed by atoms with Gasteiger partial charge >= 0.3 is 5.97 Å². The zero-order valence-corrected chi connectivity index (χ0v) is 9.71. The highest BCUT2D eigenvalue weighted by Crippen LogP contribution is 2.21. The van der Waals surface area contributed by atoms with Crippen LogP contribution >= 0.6 is 11.8 Å². The first-order chi connectivity index (χ1) is 7.70. The van der Waals surface area contributed by atoms with E-state index >= 15 is 0 Å². The predicted molar refractivity (Wildman–Crippen MR) is 58.5 cm³/mol. The van der Waals surface area contributed by atoms with Crippen LogP contribution < -0.4 is 0 Å². The minimum Gasteiger partial charge on any atom is -0.481 e. The summed E-state index contributed by atoms with van der Waals surface area (Å²) < 4.78 is 5.31. The molecule has 6 heteroatoms. The Morgan fingerprint density at radius 2 is 2.38 bits per heavy atom. The Hall–Kier alpha value is -1.14. The van der Waals surface area contributed by atoms with Crippen molar-refractivity contribution in [1.82, 2.24) is 9.97 Å². The number of carbonyl (C=O) groups is 1. The van der Waals surface area contributed by atoms with Gasteiger partial charge in [0.15, 0.2) is 5.16 Å². The molecular weight excluding hydrogens is 228 g/mol. The van der Waals surface area contributed by atoms with Crippen LogP contribution in [0.15, 0.2) is 5.16 Å². The monoisotopic (exact) mass is 240 g/mol. The van der Waals surface area contributed by atoms with E-state index in [9.17, 15) is 4.79 Å². The van der Waals surface area contributed by atoms with E-state index in [2.05, 4.69) is 9.97 Å². The van der Waals surface area contributed by atoms with Crippen LogP contribution in [0.5, 0.6) is 0 Å². The highest BCUT2D eigenvalue weighted by Gasteiger charge is 2.19. The maximum atomic E-state index is 10.8.